The minimum atomic E-state index is -0.114. The van der Waals surface area contributed by atoms with Crippen molar-refractivity contribution in [3.63, 3.8) is 0 Å². The summed E-state index contributed by atoms with van der Waals surface area (Å²) in [5.41, 5.74) is 2.74. The van der Waals surface area contributed by atoms with Crippen molar-refractivity contribution >= 4 is 11.8 Å². The van der Waals surface area contributed by atoms with Crippen molar-refractivity contribution in [1.29, 1.82) is 0 Å². The smallest absolute Gasteiger partial charge is 0.266 e. The molecule has 6 nitrogen and oxygen atoms in total. The van der Waals surface area contributed by atoms with E-state index in [-0.39, 0.29) is 5.56 Å². The van der Waals surface area contributed by atoms with Gasteiger partial charge in [0.05, 0.1) is 12.2 Å². The Labute approximate surface area is 145 Å². The zero-order valence-electron chi connectivity index (χ0n) is 14.0. The first-order valence-corrected chi connectivity index (χ1v) is 8.62. The molecule has 6 heteroatoms. The van der Waals surface area contributed by atoms with E-state index in [4.69, 9.17) is 0 Å². The van der Waals surface area contributed by atoms with Crippen molar-refractivity contribution in [3.05, 3.63) is 58.5 Å². The largest absolute Gasteiger partial charge is 0.314 e. The number of nitrogens with zero attached hydrogens (tertiary/aromatic N) is 4. The van der Waals surface area contributed by atoms with Crippen LogP contribution in [0.15, 0.2) is 47.4 Å². The van der Waals surface area contributed by atoms with Gasteiger partial charge in [0, 0.05) is 29.9 Å². The Hall–Kier alpha value is -2.73. The first-order valence-electron chi connectivity index (χ1n) is 8.62. The summed E-state index contributed by atoms with van der Waals surface area (Å²) in [6, 6.07) is 10.8. The summed E-state index contributed by atoms with van der Waals surface area (Å²) in [5.74, 6) is 0. The molecule has 0 amide bonds. The molecule has 0 radical (unpaired) electrons. The highest BCUT2D eigenvalue weighted by molar-refractivity contribution is 5.89. The minimum absolute atomic E-state index is 0.114. The van der Waals surface area contributed by atoms with Crippen molar-refractivity contribution in [1.82, 2.24) is 19.1 Å². The van der Waals surface area contributed by atoms with Gasteiger partial charge >= 0.3 is 0 Å². The summed E-state index contributed by atoms with van der Waals surface area (Å²) < 4.78 is 3.44. The number of carbonyl (C=O) groups is 1. The van der Waals surface area contributed by atoms with Crippen LogP contribution in [0.25, 0.3) is 16.9 Å². The molecule has 0 bridgehead atoms. The Balaban J connectivity index is 1.72. The lowest BCUT2D eigenvalue weighted by atomic mass is 10.2. The van der Waals surface area contributed by atoms with Gasteiger partial charge in [-0.3, -0.25) is 9.59 Å². The van der Waals surface area contributed by atoms with Gasteiger partial charge in [-0.1, -0.05) is 6.07 Å². The number of hydrogen-bond donors (Lipinski definition) is 0. The normalized spacial score (nSPS) is 15.0. The SMILES string of the molecule is O=Cc1cc2ccccn2c1-c1ccc(=O)n(CCN2CCCC2)n1. The summed E-state index contributed by atoms with van der Waals surface area (Å²) in [7, 11) is 0. The Morgan fingerprint density at radius 1 is 1.08 bits per heavy atom. The average Bonchev–Trinajstić information content (AvgIpc) is 3.28. The second kappa shape index (κ2) is 6.64. The van der Waals surface area contributed by atoms with Crippen molar-refractivity contribution in [3.8, 4) is 11.4 Å². The molecule has 4 heterocycles. The molecule has 0 aliphatic carbocycles. The number of rotatable bonds is 5. The Bertz CT molecular complexity index is 967. The van der Waals surface area contributed by atoms with Gasteiger partial charge < -0.3 is 9.30 Å². The predicted molar refractivity (Wildman–Crippen MR) is 95.9 cm³/mol. The van der Waals surface area contributed by atoms with Crippen molar-refractivity contribution in [2.75, 3.05) is 19.6 Å². The van der Waals surface area contributed by atoms with Gasteiger partial charge in [0.25, 0.3) is 5.56 Å². The van der Waals surface area contributed by atoms with E-state index < -0.39 is 0 Å². The van der Waals surface area contributed by atoms with Gasteiger partial charge in [-0.05, 0) is 50.2 Å². The molecule has 3 aromatic rings. The monoisotopic (exact) mass is 336 g/mol. The lowest BCUT2D eigenvalue weighted by Gasteiger charge is -2.15. The maximum Gasteiger partial charge on any atom is 0.266 e. The number of carbonyl (C=O) groups excluding carboxylic acids is 1. The number of likely N-dealkylation sites (tertiary alicyclic amines) is 1. The van der Waals surface area contributed by atoms with Crippen LogP contribution in [-0.4, -0.2) is 45.0 Å². The van der Waals surface area contributed by atoms with Crippen LogP contribution in [-0.2, 0) is 6.54 Å². The molecular formula is C19H20N4O2. The Kier molecular flexibility index (Phi) is 4.19. The van der Waals surface area contributed by atoms with Gasteiger partial charge in [0.1, 0.15) is 5.69 Å². The van der Waals surface area contributed by atoms with Crippen molar-refractivity contribution < 1.29 is 4.79 Å². The zero-order chi connectivity index (χ0) is 17.2. The number of aldehydes is 1. The predicted octanol–water partition coefficient (Wildman–Crippen LogP) is 2.07. The fourth-order valence-corrected chi connectivity index (χ4v) is 3.48. The summed E-state index contributed by atoms with van der Waals surface area (Å²) >= 11 is 0. The highest BCUT2D eigenvalue weighted by Gasteiger charge is 2.15. The number of fused-ring (bicyclic) bond motifs is 1. The van der Waals surface area contributed by atoms with Crippen LogP contribution in [0.5, 0.6) is 0 Å². The second-order valence-electron chi connectivity index (χ2n) is 6.39. The van der Waals surface area contributed by atoms with E-state index >= 15 is 0 Å². The van der Waals surface area contributed by atoms with Crippen LogP contribution >= 0.6 is 0 Å². The van der Waals surface area contributed by atoms with Gasteiger partial charge in [-0.25, -0.2) is 4.68 Å². The molecule has 0 N–H and O–H groups in total. The van der Waals surface area contributed by atoms with Crippen LogP contribution in [0, 0.1) is 0 Å². The Morgan fingerprint density at radius 2 is 1.92 bits per heavy atom. The molecule has 1 aliphatic heterocycles. The van der Waals surface area contributed by atoms with Crippen LogP contribution in [0.4, 0.5) is 0 Å². The quantitative estimate of drug-likeness (QED) is 0.669. The number of aromatic nitrogens is 3. The molecule has 1 fully saturated rings. The van der Waals surface area contributed by atoms with Gasteiger partial charge in [-0.2, -0.15) is 5.10 Å². The van der Waals surface area contributed by atoms with Crippen molar-refractivity contribution in [2.45, 2.75) is 19.4 Å². The standard InChI is InChI=1S/C19H20N4O2/c24-14-15-13-16-5-1-2-10-22(16)19(15)17-6-7-18(25)23(20-17)12-11-21-8-3-4-9-21/h1-2,5-7,10,13-14H,3-4,8-9,11-12H2. The molecule has 0 saturated carbocycles. The maximum absolute atomic E-state index is 12.2. The molecule has 0 unspecified atom stereocenters. The van der Waals surface area contributed by atoms with E-state index in [9.17, 15) is 9.59 Å². The van der Waals surface area contributed by atoms with Gasteiger partial charge in [0.2, 0.25) is 0 Å². The van der Waals surface area contributed by atoms with Crippen LogP contribution in [0.2, 0.25) is 0 Å². The highest BCUT2D eigenvalue weighted by Crippen LogP contribution is 2.24. The molecule has 1 aliphatic rings. The molecule has 0 aromatic carbocycles. The average molecular weight is 336 g/mol. The summed E-state index contributed by atoms with van der Waals surface area (Å²) in [6.45, 7) is 3.57. The molecule has 3 aromatic heterocycles. The fourth-order valence-electron chi connectivity index (χ4n) is 3.48. The molecule has 0 spiro atoms. The van der Waals surface area contributed by atoms with Crippen LogP contribution in [0.3, 0.4) is 0 Å². The summed E-state index contributed by atoms with van der Waals surface area (Å²) in [6.07, 6.45) is 5.19. The van der Waals surface area contributed by atoms with Gasteiger partial charge in [-0.15, -0.1) is 0 Å². The van der Waals surface area contributed by atoms with E-state index in [1.807, 2.05) is 34.9 Å². The zero-order valence-corrected chi connectivity index (χ0v) is 14.0. The number of hydrogen-bond acceptors (Lipinski definition) is 4. The topological polar surface area (TPSA) is 59.6 Å². The summed E-state index contributed by atoms with van der Waals surface area (Å²) in [5, 5.41) is 4.53. The van der Waals surface area contributed by atoms with E-state index in [1.165, 1.54) is 23.6 Å². The lowest BCUT2D eigenvalue weighted by molar-refractivity contribution is 0.112. The first-order chi connectivity index (χ1) is 12.3. The lowest BCUT2D eigenvalue weighted by Crippen LogP contribution is -2.30. The van der Waals surface area contributed by atoms with Gasteiger partial charge in [0.15, 0.2) is 6.29 Å². The summed E-state index contributed by atoms with van der Waals surface area (Å²) in [4.78, 5) is 26.0. The fraction of sp³-hybridized carbons (Fsp3) is 0.316. The molecule has 4 rings (SSSR count). The van der Waals surface area contributed by atoms with Crippen LogP contribution in [0.1, 0.15) is 23.2 Å². The molecule has 128 valence electrons. The van der Waals surface area contributed by atoms with E-state index in [1.54, 1.807) is 6.07 Å². The first kappa shape index (κ1) is 15.8. The molecule has 25 heavy (non-hydrogen) atoms. The van der Waals surface area contributed by atoms with Crippen LogP contribution < -0.4 is 5.56 Å². The third-order valence-electron chi connectivity index (χ3n) is 4.77. The van der Waals surface area contributed by atoms with Crippen molar-refractivity contribution in [2.24, 2.45) is 0 Å². The van der Waals surface area contributed by atoms with E-state index in [2.05, 4.69) is 10.00 Å². The van der Waals surface area contributed by atoms with E-state index in [0.29, 0.717) is 17.8 Å². The third kappa shape index (κ3) is 3.00. The number of pyridine rings is 1. The minimum Gasteiger partial charge on any atom is -0.314 e. The Morgan fingerprint density at radius 3 is 2.72 bits per heavy atom. The maximum atomic E-state index is 12.2. The molecular weight excluding hydrogens is 316 g/mol. The highest BCUT2D eigenvalue weighted by atomic mass is 16.1. The third-order valence-corrected chi connectivity index (χ3v) is 4.77. The molecule has 1 saturated heterocycles. The van der Waals surface area contributed by atoms with E-state index in [0.717, 1.165) is 37.1 Å². The second-order valence-corrected chi connectivity index (χ2v) is 6.39. The molecule has 0 atom stereocenters.